The Hall–Kier alpha value is -0.900. The van der Waals surface area contributed by atoms with Crippen molar-refractivity contribution in [2.24, 2.45) is 0 Å². The van der Waals surface area contributed by atoms with Gasteiger partial charge in [0.2, 0.25) is 5.91 Å². The van der Waals surface area contributed by atoms with E-state index in [1.807, 2.05) is 0 Å². The molecule has 17 heavy (non-hydrogen) atoms. The third-order valence-corrected chi connectivity index (χ3v) is 2.83. The molecular weight excluding hydrogens is 216 g/mol. The molecule has 0 aromatic rings. The van der Waals surface area contributed by atoms with E-state index in [1.54, 1.807) is 7.05 Å². The van der Waals surface area contributed by atoms with Crippen molar-refractivity contribution in [2.45, 2.75) is 58.4 Å². The van der Waals surface area contributed by atoms with Crippen LogP contribution >= 0.6 is 0 Å². The van der Waals surface area contributed by atoms with E-state index in [9.17, 15) is 9.59 Å². The van der Waals surface area contributed by atoms with Gasteiger partial charge >= 0.3 is 0 Å². The number of ketones is 1. The number of hydrogen-bond donors (Lipinski definition) is 2. The van der Waals surface area contributed by atoms with Gasteiger partial charge < -0.3 is 10.6 Å². The smallest absolute Gasteiger partial charge is 0.222 e. The van der Waals surface area contributed by atoms with E-state index in [1.165, 1.54) is 26.2 Å². The lowest BCUT2D eigenvalue weighted by Gasteiger charge is -2.12. The summed E-state index contributed by atoms with van der Waals surface area (Å²) in [5, 5.41) is 5.69. The lowest BCUT2D eigenvalue weighted by atomic mass is 10.1. The van der Waals surface area contributed by atoms with Crippen LogP contribution in [0.4, 0.5) is 0 Å². The Bertz CT molecular complexity index is 229. The fraction of sp³-hybridized carbons (Fsp3) is 0.846. The minimum Gasteiger partial charge on any atom is -0.356 e. The van der Waals surface area contributed by atoms with E-state index in [0.29, 0.717) is 0 Å². The second-order valence-corrected chi connectivity index (χ2v) is 4.42. The molecule has 4 heteroatoms. The van der Waals surface area contributed by atoms with E-state index in [4.69, 9.17) is 0 Å². The average molecular weight is 242 g/mol. The number of likely N-dealkylation sites (N-methyl/N-ethyl adjacent to an activating group) is 1. The van der Waals surface area contributed by atoms with Crippen LogP contribution in [0.3, 0.4) is 0 Å². The number of carbonyl (C=O) groups is 2. The summed E-state index contributed by atoms with van der Waals surface area (Å²) in [6.07, 6.45) is 6.15. The largest absolute Gasteiger partial charge is 0.356 e. The van der Waals surface area contributed by atoms with E-state index >= 15 is 0 Å². The zero-order chi connectivity index (χ0) is 13.1. The molecule has 0 aromatic heterocycles. The van der Waals surface area contributed by atoms with Crippen LogP contribution in [0, 0.1) is 0 Å². The quantitative estimate of drug-likeness (QED) is 0.573. The van der Waals surface area contributed by atoms with Crippen molar-refractivity contribution in [1.82, 2.24) is 10.6 Å². The van der Waals surface area contributed by atoms with E-state index < -0.39 is 0 Å². The van der Waals surface area contributed by atoms with Crippen LogP contribution in [0.5, 0.6) is 0 Å². The molecular formula is C13H26N2O2. The van der Waals surface area contributed by atoms with Crippen LogP contribution < -0.4 is 10.6 Å². The van der Waals surface area contributed by atoms with Gasteiger partial charge in [0, 0.05) is 13.0 Å². The van der Waals surface area contributed by atoms with Crippen LogP contribution in [0.1, 0.15) is 52.4 Å². The van der Waals surface area contributed by atoms with E-state index in [-0.39, 0.29) is 24.2 Å². The number of hydrogen-bond acceptors (Lipinski definition) is 3. The van der Waals surface area contributed by atoms with Gasteiger partial charge in [-0.25, -0.2) is 0 Å². The van der Waals surface area contributed by atoms with Crippen LogP contribution in [0.2, 0.25) is 0 Å². The lowest BCUT2D eigenvalue weighted by molar-refractivity contribution is -0.126. The Labute approximate surface area is 105 Å². The highest BCUT2D eigenvalue weighted by Gasteiger charge is 2.15. The Kier molecular flexibility index (Phi) is 9.72. The molecule has 0 saturated heterocycles. The molecule has 4 nitrogen and oxygen atoms in total. The van der Waals surface area contributed by atoms with Crippen molar-refractivity contribution in [2.75, 3.05) is 13.6 Å². The summed E-state index contributed by atoms with van der Waals surface area (Å²) in [5.74, 6) is -0.0411. The summed E-state index contributed by atoms with van der Waals surface area (Å²) in [4.78, 5) is 22.6. The number of amides is 1. The SMILES string of the molecule is CCCCCCCNC(=O)C[C@H](NC)C(C)=O. The maximum Gasteiger partial charge on any atom is 0.222 e. The first-order valence-electron chi connectivity index (χ1n) is 6.56. The maximum absolute atomic E-state index is 11.5. The normalized spacial score (nSPS) is 12.2. The van der Waals surface area contributed by atoms with Gasteiger partial charge in [-0.15, -0.1) is 0 Å². The highest BCUT2D eigenvalue weighted by atomic mass is 16.2. The van der Waals surface area contributed by atoms with E-state index in [0.717, 1.165) is 19.4 Å². The number of unbranched alkanes of at least 4 members (excludes halogenated alkanes) is 4. The fourth-order valence-corrected chi connectivity index (χ4v) is 1.66. The van der Waals surface area contributed by atoms with Gasteiger partial charge in [0.15, 0.2) is 0 Å². The summed E-state index contributed by atoms with van der Waals surface area (Å²) in [5.41, 5.74) is 0. The second kappa shape index (κ2) is 10.3. The maximum atomic E-state index is 11.5. The van der Waals surface area contributed by atoms with E-state index in [2.05, 4.69) is 17.6 Å². The van der Waals surface area contributed by atoms with Crippen molar-refractivity contribution in [3.63, 3.8) is 0 Å². The van der Waals surface area contributed by atoms with Crippen LogP contribution in [0.15, 0.2) is 0 Å². The van der Waals surface area contributed by atoms with Gasteiger partial charge in [0.1, 0.15) is 5.78 Å². The Morgan fingerprint density at radius 3 is 2.29 bits per heavy atom. The Morgan fingerprint density at radius 1 is 1.12 bits per heavy atom. The van der Waals surface area contributed by atoms with Gasteiger partial charge in [0.25, 0.3) is 0 Å². The van der Waals surface area contributed by atoms with Gasteiger partial charge in [-0.3, -0.25) is 9.59 Å². The lowest BCUT2D eigenvalue weighted by Crippen LogP contribution is -2.38. The van der Waals surface area contributed by atoms with Crippen LogP contribution in [0.25, 0.3) is 0 Å². The molecule has 0 heterocycles. The summed E-state index contributed by atoms with van der Waals surface area (Å²) in [7, 11) is 1.70. The molecule has 0 radical (unpaired) electrons. The topological polar surface area (TPSA) is 58.2 Å². The predicted octanol–water partition coefficient (Wildman–Crippen LogP) is 1.64. The number of carbonyl (C=O) groups excluding carboxylic acids is 2. The first-order chi connectivity index (χ1) is 8.11. The minimum absolute atomic E-state index is 0.00518. The molecule has 100 valence electrons. The minimum atomic E-state index is -0.352. The van der Waals surface area contributed by atoms with Gasteiger partial charge in [0.05, 0.1) is 6.04 Å². The second-order valence-electron chi connectivity index (χ2n) is 4.42. The molecule has 1 atom stereocenters. The van der Waals surface area contributed by atoms with Gasteiger partial charge in [-0.2, -0.15) is 0 Å². The molecule has 1 amide bonds. The molecule has 0 aliphatic heterocycles. The van der Waals surface area contributed by atoms with Crippen LogP contribution in [-0.4, -0.2) is 31.3 Å². The molecule has 0 bridgehead atoms. The summed E-state index contributed by atoms with van der Waals surface area (Å²) in [6.45, 7) is 4.40. The first kappa shape index (κ1) is 16.1. The number of rotatable bonds is 10. The summed E-state index contributed by atoms with van der Waals surface area (Å²) < 4.78 is 0. The summed E-state index contributed by atoms with van der Waals surface area (Å²) in [6, 6.07) is -0.352. The van der Waals surface area contributed by atoms with Gasteiger partial charge in [-0.1, -0.05) is 32.6 Å². The molecule has 2 N–H and O–H groups in total. The average Bonchev–Trinajstić information content (AvgIpc) is 2.30. The number of Topliss-reactive ketones (excluding diaryl/α,β-unsaturated/α-hetero) is 1. The van der Waals surface area contributed by atoms with Crippen molar-refractivity contribution >= 4 is 11.7 Å². The molecule has 0 aromatic carbocycles. The third-order valence-electron chi connectivity index (χ3n) is 2.83. The van der Waals surface area contributed by atoms with Crippen molar-refractivity contribution in [3.05, 3.63) is 0 Å². The van der Waals surface area contributed by atoms with Crippen molar-refractivity contribution in [1.29, 1.82) is 0 Å². The third kappa shape index (κ3) is 8.86. The molecule has 0 aliphatic rings. The zero-order valence-electron chi connectivity index (χ0n) is 11.3. The molecule has 0 spiro atoms. The standard InChI is InChI=1S/C13H26N2O2/c1-4-5-6-7-8-9-15-13(17)10-12(14-3)11(2)16/h12,14H,4-10H2,1-3H3,(H,15,17)/t12-/m0/s1. The Balaban J connectivity index is 3.55. The molecule has 0 aliphatic carbocycles. The zero-order valence-corrected chi connectivity index (χ0v) is 11.3. The summed E-state index contributed by atoms with van der Waals surface area (Å²) >= 11 is 0. The molecule has 0 rings (SSSR count). The Morgan fingerprint density at radius 2 is 1.76 bits per heavy atom. The van der Waals surface area contributed by atoms with Crippen molar-refractivity contribution < 1.29 is 9.59 Å². The monoisotopic (exact) mass is 242 g/mol. The predicted molar refractivity (Wildman–Crippen MR) is 69.9 cm³/mol. The molecule has 0 unspecified atom stereocenters. The van der Waals surface area contributed by atoms with Gasteiger partial charge in [-0.05, 0) is 20.4 Å². The highest BCUT2D eigenvalue weighted by Crippen LogP contribution is 2.01. The van der Waals surface area contributed by atoms with Crippen molar-refractivity contribution in [3.8, 4) is 0 Å². The number of nitrogens with one attached hydrogen (secondary N) is 2. The van der Waals surface area contributed by atoms with Crippen LogP contribution in [-0.2, 0) is 9.59 Å². The molecule has 0 saturated carbocycles. The fourth-order valence-electron chi connectivity index (χ4n) is 1.66. The highest BCUT2D eigenvalue weighted by molar-refractivity contribution is 5.88. The molecule has 0 fully saturated rings. The first-order valence-corrected chi connectivity index (χ1v) is 6.56.